The van der Waals surface area contributed by atoms with E-state index in [4.69, 9.17) is 10.5 Å². The van der Waals surface area contributed by atoms with Crippen molar-refractivity contribution < 1.29 is 14.3 Å². The highest BCUT2D eigenvalue weighted by Gasteiger charge is 2.31. The van der Waals surface area contributed by atoms with Crippen LogP contribution in [0.4, 0.5) is 4.79 Å². The Labute approximate surface area is 102 Å². The number of carbonyl (C=O) groups excluding carboxylic acids is 1. The molecule has 5 heteroatoms. The van der Waals surface area contributed by atoms with Gasteiger partial charge in [-0.2, -0.15) is 0 Å². The van der Waals surface area contributed by atoms with Crippen molar-refractivity contribution in [1.82, 2.24) is 5.32 Å². The third-order valence-corrected chi connectivity index (χ3v) is 2.82. The zero-order chi connectivity index (χ0) is 13.2. The molecule has 0 aliphatic carbocycles. The number of nitrogens with two attached hydrogens (primary N) is 1. The molecule has 0 spiro atoms. The molecular weight excluding hydrogens is 220 g/mol. The molecule has 1 atom stereocenters. The molecule has 0 saturated carbocycles. The third-order valence-electron chi connectivity index (χ3n) is 2.82. The molecule has 0 aromatic carbocycles. The Kier molecular flexibility index (Phi) is 4.04. The summed E-state index contributed by atoms with van der Waals surface area (Å²) in [6.07, 6.45) is -0.723. The van der Waals surface area contributed by atoms with Crippen LogP contribution in [0.25, 0.3) is 0 Å². The molecule has 0 fully saturated rings. The molecule has 1 aliphatic heterocycles. The average Bonchev–Trinajstić information content (AvgIpc) is 2.25. The van der Waals surface area contributed by atoms with Crippen molar-refractivity contribution >= 4 is 6.16 Å². The van der Waals surface area contributed by atoms with E-state index in [2.05, 4.69) is 10.1 Å². The lowest BCUT2D eigenvalue weighted by Crippen LogP contribution is -2.33. The highest BCUT2D eigenvalue weighted by atomic mass is 16.7. The van der Waals surface area contributed by atoms with Gasteiger partial charge in [-0.3, -0.25) is 0 Å². The third kappa shape index (κ3) is 2.72. The zero-order valence-electron chi connectivity index (χ0n) is 11.0. The summed E-state index contributed by atoms with van der Waals surface area (Å²) in [4.78, 5) is 11.2. The largest absolute Gasteiger partial charge is 0.513 e. The molecular formula is C12H20N2O3. The quantitative estimate of drug-likeness (QED) is 0.723. The Morgan fingerprint density at radius 1 is 1.35 bits per heavy atom. The molecule has 0 radical (unpaired) electrons. The summed E-state index contributed by atoms with van der Waals surface area (Å²) in [7, 11) is 1.28. The second kappa shape index (κ2) is 5.12. The fourth-order valence-corrected chi connectivity index (χ4v) is 1.96. The predicted octanol–water partition coefficient (Wildman–Crippen LogP) is 2.07. The van der Waals surface area contributed by atoms with Gasteiger partial charge in [0, 0.05) is 11.4 Å². The SMILES string of the molecule is COC(=O)OC1=C(C)NC(C)=C(N)C1C(C)C. The highest BCUT2D eigenvalue weighted by molar-refractivity contribution is 5.61. The smallest absolute Gasteiger partial charge is 0.437 e. The molecule has 1 heterocycles. The van der Waals surface area contributed by atoms with Crippen molar-refractivity contribution in [3.8, 4) is 0 Å². The molecule has 0 amide bonds. The van der Waals surface area contributed by atoms with Crippen molar-refractivity contribution in [2.75, 3.05) is 7.11 Å². The minimum Gasteiger partial charge on any atom is -0.437 e. The number of methoxy groups -OCH3 is 1. The molecule has 0 aromatic rings. The normalized spacial score (nSPS) is 20.5. The van der Waals surface area contributed by atoms with E-state index in [0.29, 0.717) is 11.5 Å². The van der Waals surface area contributed by atoms with Crippen LogP contribution in [-0.2, 0) is 9.47 Å². The molecule has 0 saturated heterocycles. The maximum Gasteiger partial charge on any atom is 0.513 e. The fourth-order valence-electron chi connectivity index (χ4n) is 1.96. The number of ether oxygens (including phenoxy) is 2. The number of hydrogen-bond donors (Lipinski definition) is 2. The van der Waals surface area contributed by atoms with E-state index < -0.39 is 6.16 Å². The Morgan fingerprint density at radius 2 is 1.94 bits per heavy atom. The molecule has 17 heavy (non-hydrogen) atoms. The van der Waals surface area contributed by atoms with Gasteiger partial charge in [-0.1, -0.05) is 13.8 Å². The van der Waals surface area contributed by atoms with Crippen LogP contribution in [0.3, 0.4) is 0 Å². The van der Waals surface area contributed by atoms with Crippen molar-refractivity contribution in [2.24, 2.45) is 17.6 Å². The molecule has 96 valence electrons. The number of dihydropyridines is 1. The topological polar surface area (TPSA) is 73.6 Å². The number of nitrogens with one attached hydrogen (secondary N) is 1. The average molecular weight is 240 g/mol. The van der Waals surface area contributed by atoms with Crippen molar-refractivity contribution in [3.05, 3.63) is 22.9 Å². The Morgan fingerprint density at radius 3 is 2.41 bits per heavy atom. The van der Waals surface area contributed by atoms with E-state index in [0.717, 1.165) is 11.4 Å². The summed E-state index contributed by atoms with van der Waals surface area (Å²) in [6, 6.07) is 0. The van der Waals surface area contributed by atoms with Gasteiger partial charge in [0.05, 0.1) is 18.7 Å². The summed E-state index contributed by atoms with van der Waals surface area (Å²) in [5, 5.41) is 3.09. The molecule has 5 nitrogen and oxygen atoms in total. The number of carbonyl (C=O) groups is 1. The Balaban J connectivity index is 3.06. The lowest BCUT2D eigenvalue weighted by atomic mass is 9.87. The molecule has 0 aromatic heterocycles. The lowest BCUT2D eigenvalue weighted by Gasteiger charge is -2.31. The van der Waals surface area contributed by atoms with E-state index in [1.54, 1.807) is 0 Å². The lowest BCUT2D eigenvalue weighted by molar-refractivity contribution is 0.0854. The van der Waals surface area contributed by atoms with Gasteiger partial charge >= 0.3 is 6.16 Å². The first-order valence-electron chi connectivity index (χ1n) is 5.58. The minimum absolute atomic E-state index is 0.102. The standard InChI is InChI=1S/C12H20N2O3/c1-6(2)9-10(13)7(3)14-8(4)11(9)17-12(15)16-5/h6,9,14H,13H2,1-5H3. The Hall–Kier alpha value is -1.65. The number of hydrogen-bond acceptors (Lipinski definition) is 5. The van der Waals surface area contributed by atoms with E-state index in [9.17, 15) is 4.79 Å². The second-order valence-electron chi connectivity index (χ2n) is 4.47. The van der Waals surface area contributed by atoms with Gasteiger partial charge in [-0.25, -0.2) is 4.79 Å². The highest BCUT2D eigenvalue weighted by Crippen LogP contribution is 2.33. The van der Waals surface area contributed by atoms with Gasteiger partial charge < -0.3 is 20.5 Å². The number of allylic oxidation sites excluding steroid dienone is 2. The van der Waals surface area contributed by atoms with Crippen molar-refractivity contribution in [3.63, 3.8) is 0 Å². The van der Waals surface area contributed by atoms with Gasteiger partial charge in [0.1, 0.15) is 5.76 Å². The summed E-state index contributed by atoms with van der Waals surface area (Å²) in [5.74, 6) is 0.673. The molecule has 1 unspecified atom stereocenters. The maximum absolute atomic E-state index is 11.2. The van der Waals surface area contributed by atoms with Gasteiger partial charge in [0.15, 0.2) is 0 Å². The monoisotopic (exact) mass is 240 g/mol. The molecule has 0 bridgehead atoms. The van der Waals surface area contributed by atoms with E-state index in [1.165, 1.54) is 7.11 Å². The van der Waals surface area contributed by atoms with Crippen LogP contribution in [0.2, 0.25) is 0 Å². The predicted molar refractivity (Wildman–Crippen MR) is 64.5 cm³/mol. The molecule has 1 aliphatic rings. The second-order valence-corrected chi connectivity index (χ2v) is 4.47. The minimum atomic E-state index is -0.723. The van der Waals surface area contributed by atoms with E-state index >= 15 is 0 Å². The molecule has 1 rings (SSSR count). The fraction of sp³-hybridized carbons (Fsp3) is 0.583. The zero-order valence-corrected chi connectivity index (χ0v) is 11.0. The van der Waals surface area contributed by atoms with Crippen LogP contribution in [0.5, 0.6) is 0 Å². The van der Waals surface area contributed by atoms with E-state index in [-0.39, 0.29) is 11.8 Å². The first-order chi connectivity index (χ1) is 7.88. The summed E-state index contributed by atoms with van der Waals surface area (Å²) in [5.41, 5.74) is 8.44. The summed E-state index contributed by atoms with van der Waals surface area (Å²) >= 11 is 0. The van der Waals surface area contributed by atoms with Crippen molar-refractivity contribution in [2.45, 2.75) is 27.7 Å². The van der Waals surface area contributed by atoms with Crippen LogP contribution in [0.15, 0.2) is 22.9 Å². The van der Waals surface area contributed by atoms with Crippen LogP contribution in [0, 0.1) is 11.8 Å². The molecule has 3 N–H and O–H groups in total. The van der Waals surface area contributed by atoms with E-state index in [1.807, 2.05) is 27.7 Å². The summed E-state index contributed by atoms with van der Waals surface area (Å²) < 4.78 is 9.70. The Bertz CT molecular complexity index is 383. The summed E-state index contributed by atoms with van der Waals surface area (Å²) in [6.45, 7) is 7.82. The maximum atomic E-state index is 11.2. The van der Waals surface area contributed by atoms with Gasteiger partial charge in [-0.15, -0.1) is 0 Å². The van der Waals surface area contributed by atoms with Crippen LogP contribution in [-0.4, -0.2) is 13.3 Å². The van der Waals surface area contributed by atoms with Crippen molar-refractivity contribution in [1.29, 1.82) is 0 Å². The van der Waals surface area contributed by atoms with Crippen LogP contribution >= 0.6 is 0 Å². The van der Waals surface area contributed by atoms with Gasteiger partial charge in [0.25, 0.3) is 0 Å². The first-order valence-corrected chi connectivity index (χ1v) is 5.58. The van der Waals surface area contributed by atoms with Crippen LogP contribution < -0.4 is 11.1 Å². The number of rotatable bonds is 2. The van der Waals surface area contributed by atoms with Crippen LogP contribution in [0.1, 0.15) is 27.7 Å². The first kappa shape index (κ1) is 13.4. The van der Waals surface area contributed by atoms with Gasteiger partial charge in [0.2, 0.25) is 0 Å². The van der Waals surface area contributed by atoms with Gasteiger partial charge in [-0.05, 0) is 19.8 Å².